The fourth-order valence-electron chi connectivity index (χ4n) is 2.44. The average Bonchev–Trinajstić information content (AvgIpc) is 2.99. The van der Waals surface area contributed by atoms with Gasteiger partial charge in [0.1, 0.15) is 0 Å². The van der Waals surface area contributed by atoms with Crippen LogP contribution in [0.25, 0.3) is 5.69 Å². The lowest BCUT2D eigenvalue weighted by atomic mass is 10.1. The molecule has 0 spiro atoms. The standard InChI is InChI=1S/C19H19N3O3S/c1-12-9-10-13(2)16(11-12)20-17(23)14(3)26-18-19(24)25-21-22(18)15-7-5-4-6-8-15/h4-11,14H,1-3H3,(H-,20,21,23,24)/p+1. The summed E-state index contributed by atoms with van der Waals surface area (Å²) in [6.07, 6.45) is 0. The van der Waals surface area contributed by atoms with Crippen molar-refractivity contribution < 1.29 is 14.0 Å². The van der Waals surface area contributed by atoms with E-state index in [0.717, 1.165) is 34.3 Å². The van der Waals surface area contributed by atoms with Gasteiger partial charge in [-0.15, -0.1) is 0 Å². The fourth-order valence-corrected chi connectivity index (χ4v) is 3.32. The van der Waals surface area contributed by atoms with Gasteiger partial charge in [-0.05, 0) is 59.7 Å². The maximum atomic E-state index is 12.6. The number of nitrogens with one attached hydrogen (secondary N) is 2. The number of para-hydroxylation sites is 1. The van der Waals surface area contributed by atoms with Crippen LogP contribution in [0.5, 0.6) is 0 Å². The lowest BCUT2D eigenvalue weighted by molar-refractivity contribution is -0.704. The summed E-state index contributed by atoms with van der Waals surface area (Å²) >= 11 is 1.15. The number of thioether (sulfide) groups is 1. The Labute approximate surface area is 155 Å². The first-order valence-corrected chi connectivity index (χ1v) is 9.07. The minimum Gasteiger partial charge on any atom is -0.325 e. The minimum absolute atomic E-state index is 0.177. The van der Waals surface area contributed by atoms with Gasteiger partial charge in [-0.2, -0.15) is 0 Å². The second kappa shape index (κ2) is 7.61. The van der Waals surface area contributed by atoms with E-state index < -0.39 is 10.9 Å². The van der Waals surface area contributed by atoms with Gasteiger partial charge in [0.05, 0.1) is 5.25 Å². The third-order valence-electron chi connectivity index (χ3n) is 3.93. The predicted octanol–water partition coefficient (Wildman–Crippen LogP) is 2.98. The van der Waals surface area contributed by atoms with Crippen molar-refractivity contribution in [3.8, 4) is 5.69 Å². The van der Waals surface area contributed by atoms with Crippen molar-refractivity contribution in [1.29, 1.82) is 0 Å². The summed E-state index contributed by atoms with van der Waals surface area (Å²) in [5, 5.41) is 5.34. The number of hydrogen-bond donors (Lipinski definition) is 2. The van der Waals surface area contributed by atoms with E-state index in [1.165, 1.54) is 4.68 Å². The summed E-state index contributed by atoms with van der Waals surface area (Å²) in [5.41, 5.74) is 3.08. The highest BCUT2D eigenvalue weighted by Crippen LogP contribution is 2.22. The largest absolute Gasteiger partial charge is 0.442 e. The fraction of sp³-hybridized carbons (Fsp3) is 0.211. The topological polar surface area (TPSA) is 79.0 Å². The van der Waals surface area contributed by atoms with Gasteiger partial charge in [-0.25, -0.2) is 4.79 Å². The quantitative estimate of drug-likeness (QED) is 0.535. The van der Waals surface area contributed by atoms with Gasteiger partial charge < -0.3 is 5.32 Å². The number of rotatable bonds is 5. The highest BCUT2D eigenvalue weighted by molar-refractivity contribution is 8.00. The Morgan fingerprint density at radius 3 is 2.65 bits per heavy atom. The summed E-state index contributed by atoms with van der Waals surface area (Å²) in [4.78, 5) is 24.6. The molecule has 6 nitrogen and oxygen atoms in total. The molecular formula is C19H20N3O3S+. The smallest absolute Gasteiger partial charge is 0.325 e. The second-order valence-electron chi connectivity index (χ2n) is 6.02. The zero-order valence-electron chi connectivity index (χ0n) is 14.8. The van der Waals surface area contributed by atoms with E-state index in [0.29, 0.717) is 5.03 Å². The van der Waals surface area contributed by atoms with Crippen LogP contribution in [0.2, 0.25) is 0 Å². The van der Waals surface area contributed by atoms with Gasteiger partial charge >= 0.3 is 10.7 Å². The molecule has 0 saturated carbocycles. The third-order valence-corrected chi connectivity index (χ3v) is 5.07. The van der Waals surface area contributed by atoms with E-state index in [-0.39, 0.29) is 5.91 Å². The van der Waals surface area contributed by atoms with E-state index >= 15 is 0 Å². The first kappa shape index (κ1) is 18.0. The number of nitrogens with zero attached hydrogens (tertiary/aromatic N) is 1. The molecule has 7 heteroatoms. The normalized spacial score (nSPS) is 12.0. The third kappa shape index (κ3) is 3.88. The number of aromatic nitrogens is 2. The molecule has 1 aromatic heterocycles. The number of anilines is 1. The van der Waals surface area contributed by atoms with Gasteiger partial charge in [-0.3, -0.25) is 9.32 Å². The van der Waals surface area contributed by atoms with Crippen LogP contribution in [0.1, 0.15) is 18.1 Å². The number of aromatic amines is 1. The molecule has 0 aliphatic rings. The van der Waals surface area contributed by atoms with Crippen LogP contribution < -0.4 is 15.6 Å². The Bertz CT molecular complexity index is 979. The van der Waals surface area contributed by atoms with Crippen molar-refractivity contribution in [1.82, 2.24) is 5.27 Å². The molecule has 0 radical (unpaired) electrons. The van der Waals surface area contributed by atoms with E-state index in [4.69, 9.17) is 4.52 Å². The number of benzene rings is 2. The molecule has 0 bridgehead atoms. The highest BCUT2D eigenvalue weighted by Gasteiger charge is 2.29. The van der Waals surface area contributed by atoms with Crippen LogP contribution in [0.3, 0.4) is 0 Å². The van der Waals surface area contributed by atoms with Crippen LogP contribution in [-0.4, -0.2) is 16.4 Å². The monoisotopic (exact) mass is 370 g/mol. The molecule has 0 aliphatic carbocycles. The molecule has 1 heterocycles. The number of carbonyl (C=O) groups excluding carboxylic acids is 1. The van der Waals surface area contributed by atoms with Gasteiger partial charge in [0.25, 0.3) is 0 Å². The number of hydrogen-bond acceptors (Lipinski definition) is 4. The van der Waals surface area contributed by atoms with Crippen LogP contribution in [0.4, 0.5) is 5.69 Å². The molecule has 2 N–H and O–H groups in total. The SMILES string of the molecule is Cc1ccc(C)c(NC(=O)C(C)Sc2c(=O)o[nH][n+]2-c2ccccc2)c1. The Kier molecular flexibility index (Phi) is 5.27. The number of amides is 1. The first-order chi connectivity index (χ1) is 12.5. The van der Waals surface area contributed by atoms with E-state index in [9.17, 15) is 9.59 Å². The number of aryl methyl sites for hydroxylation is 2. The first-order valence-electron chi connectivity index (χ1n) is 8.19. The minimum atomic E-state index is -0.509. The summed E-state index contributed by atoms with van der Waals surface area (Å²) in [5.74, 6) is -0.177. The molecule has 1 atom stereocenters. The van der Waals surface area contributed by atoms with Crippen molar-refractivity contribution >= 4 is 23.4 Å². The molecule has 0 saturated heterocycles. The van der Waals surface area contributed by atoms with Crippen LogP contribution >= 0.6 is 11.8 Å². The predicted molar refractivity (Wildman–Crippen MR) is 101 cm³/mol. The van der Waals surface area contributed by atoms with Gasteiger partial charge in [0.15, 0.2) is 0 Å². The Morgan fingerprint density at radius 1 is 1.19 bits per heavy atom. The van der Waals surface area contributed by atoms with E-state index in [1.54, 1.807) is 6.92 Å². The van der Waals surface area contributed by atoms with Crippen molar-refractivity contribution in [2.24, 2.45) is 0 Å². The molecule has 3 aromatic rings. The molecular weight excluding hydrogens is 350 g/mol. The molecule has 1 unspecified atom stereocenters. The maximum Gasteiger partial charge on any atom is 0.442 e. The molecule has 2 aromatic carbocycles. The van der Waals surface area contributed by atoms with Gasteiger partial charge in [0, 0.05) is 17.8 Å². The van der Waals surface area contributed by atoms with Gasteiger partial charge in [0.2, 0.25) is 11.6 Å². The lowest BCUT2D eigenvalue weighted by Gasteiger charge is -2.12. The molecule has 1 amide bonds. The Morgan fingerprint density at radius 2 is 1.92 bits per heavy atom. The zero-order valence-corrected chi connectivity index (χ0v) is 15.6. The number of carbonyl (C=O) groups is 1. The van der Waals surface area contributed by atoms with Crippen LogP contribution in [-0.2, 0) is 4.79 Å². The Hall–Kier alpha value is -2.80. The summed E-state index contributed by atoms with van der Waals surface area (Å²) in [6, 6.07) is 15.2. The van der Waals surface area contributed by atoms with Crippen molar-refractivity contribution in [3.63, 3.8) is 0 Å². The Balaban J connectivity index is 1.79. The lowest BCUT2D eigenvalue weighted by Crippen LogP contribution is -2.37. The zero-order chi connectivity index (χ0) is 18.7. The van der Waals surface area contributed by atoms with Crippen molar-refractivity contribution in [2.75, 3.05) is 5.32 Å². The highest BCUT2D eigenvalue weighted by atomic mass is 32.2. The summed E-state index contributed by atoms with van der Waals surface area (Å²) < 4.78 is 6.45. The van der Waals surface area contributed by atoms with Crippen molar-refractivity contribution in [2.45, 2.75) is 31.0 Å². The molecule has 26 heavy (non-hydrogen) atoms. The van der Waals surface area contributed by atoms with Crippen LogP contribution in [0, 0.1) is 13.8 Å². The maximum absolute atomic E-state index is 12.6. The van der Waals surface area contributed by atoms with Crippen LogP contribution in [0.15, 0.2) is 62.9 Å². The summed E-state index contributed by atoms with van der Waals surface area (Å²) in [7, 11) is 0. The molecule has 134 valence electrons. The van der Waals surface area contributed by atoms with E-state index in [1.807, 2.05) is 62.4 Å². The van der Waals surface area contributed by atoms with Crippen molar-refractivity contribution in [3.05, 3.63) is 70.1 Å². The number of H-pyrrole nitrogens is 1. The molecule has 0 fully saturated rings. The molecule has 3 rings (SSSR count). The second-order valence-corrected chi connectivity index (χ2v) is 7.35. The summed E-state index contributed by atoms with van der Waals surface area (Å²) in [6.45, 7) is 5.67. The average molecular weight is 370 g/mol. The van der Waals surface area contributed by atoms with Gasteiger partial charge in [-0.1, -0.05) is 30.3 Å². The molecule has 0 aliphatic heterocycles. The van der Waals surface area contributed by atoms with E-state index in [2.05, 4.69) is 10.6 Å².